The Morgan fingerprint density at radius 3 is 2.37 bits per heavy atom. The Kier molecular flexibility index (Phi) is 6.64. The summed E-state index contributed by atoms with van der Waals surface area (Å²) < 4.78 is 16.6. The van der Waals surface area contributed by atoms with Crippen LogP contribution >= 0.6 is 0 Å². The summed E-state index contributed by atoms with van der Waals surface area (Å²) in [5, 5.41) is 4.68. The first kappa shape index (κ1) is 20.9. The van der Waals surface area contributed by atoms with Crippen molar-refractivity contribution in [2.75, 3.05) is 14.2 Å². The first-order valence-corrected chi connectivity index (χ1v) is 9.28. The van der Waals surface area contributed by atoms with Crippen LogP contribution in [0.2, 0.25) is 0 Å². The van der Waals surface area contributed by atoms with Gasteiger partial charge in [0.1, 0.15) is 5.75 Å². The largest absolute Gasteiger partial charge is 0.497 e. The predicted octanol–water partition coefficient (Wildman–Crippen LogP) is 3.67. The number of carbonyl (C=O) groups is 2. The molecule has 0 aliphatic heterocycles. The van der Waals surface area contributed by atoms with Crippen molar-refractivity contribution in [2.24, 2.45) is 0 Å². The second kappa shape index (κ2) is 9.56. The Hall–Kier alpha value is -3.87. The molecule has 7 nitrogen and oxygen atoms in total. The van der Waals surface area contributed by atoms with Crippen molar-refractivity contribution < 1.29 is 23.8 Å². The van der Waals surface area contributed by atoms with Crippen LogP contribution in [0.5, 0.6) is 5.75 Å². The van der Waals surface area contributed by atoms with Crippen LogP contribution in [0, 0.1) is 0 Å². The van der Waals surface area contributed by atoms with Crippen molar-refractivity contribution in [3.8, 4) is 22.7 Å². The smallest absolute Gasteiger partial charge is 0.346 e. The highest BCUT2D eigenvalue weighted by Gasteiger charge is 2.17. The Balaban J connectivity index is 1.92. The normalized spacial score (nSPS) is 11.8. The van der Waals surface area contributed by atoms with Gasteiger partial charge in [-0.05, 0) is 49.4 Å². The Labute approximate surface area is 174 Å². The van der Waals surface area contributed by atoms with Gasteiger partial charge < -0.3 is 14.2 Å². The van der Waals surface area contributed by atoms with Gasteiger partial charge in [-0.1, -0.05) is 18.2 Å². The van der Waals surface area contributed by atoms with Gasteiger partial charge in [-0.15, -0.1) is 0 Å². The van der Waals surface area contributed by atoms with E-state index in [4.69, 9.17) is 9.47 Å². The van der Waals surface area contributed by atoms with Crippen molar-refractivity contribution in [1.29, 1.82) is 0 Å². The lowest BCUT2D eigenvalue weighted by Crippen LogP contribution is -2.24. The molecule has 0 N–H and O–H groups in total. The molecule has 7 heteroatoms. The molecule has 0 saturated heterocycles. The van der Waals surface area contributed by atoms with E-state index in [1.54, 1.807) is 17.9 Å². The molecule has 0 amide bonds. The van der Waals surface area contributed by atoms with Crippen LogP contribution in [0.15, 0.2) is 66.9 Å². The van der Waals surface area contributed by atoms with Crippen LogP contribution in [0.1, 0.15) is 12.5 Å². The summed E-state index contributed by atoms with van der Waals surface area (Å²) in [6.45, 7) is 1.45. The third-order valence-corrected chi connectivity index (χ3v) is 4.35. The minimum atomic E-state index is -0.986. The van der Waals surface area contributed by atoms with Crippen LogP contribution < -0.4 is 4.74 Å². The number of nitrogens with zero attached hydrogens (tertiary/aromatic N) is 2. The van der Waals surface area contributed by atoms with E-state index < -0.39 is 18.0 Å². The average molecular weight is 406 g/mol. The zero-order valence-corrected chi connectivity index (χ0v) is 16.9. The van der Waals surface area contributed by atoms with Crippen LogP contribution in [0.4, 0.5) is 0 Å². The van der Waals surface area contributed by atoms with Crippen molar-refractivity contribution >= 4 is 18.0 Å². The molecule has 0 aliphatic carbocycles. The Morgan fingerprint density at radius 2 is 1.73 bits per heavy atom. The van der Waals surface area contributed by atoms with E-state index in [1.807, 2.05) is 60.8 Å². The van der Waals surface area contributed by atoms with Gasteiger partial charge in [-0.2, -0.15) is 5.10 Å². The Morgan fingerprint density at radius 1 is 1.03 bits per heavy atom. The van der Waals surface area contributed by atoms with Gasteiger partial charge in [0, 0.05) is 23.4 Å². The van der Waals surface area contributed by atoms with Crippen molar-refractivity contribution in [3.05, 3.63) is 72.4 Å². The van der Waals surface area contributed by atoms with E-state index in [-0.39, 0.29) is 0 Å². The molecule has 2 aromatic carbocycles. The van der Waals surface area contributed by atoms with Gasteiger partial charge in [0.25, 0.3) is 0 Å². The number of para-hydroxylation sites is 1. The van der Waals surface area contributed by atoms with Crippen molar-refractivity contribution in [1.82, 2.24) is 9.78 Å². The molecular weight excluding hydrogens is 384 g/mol. The van der Waals surface area contributed by atoms with Crippen LogP contribution in [-0.4, -0.2) is 42.0 Å². The maximum Gasteiger partial charge on any atom is 0.346 e. The Bertz CT molecular complexity index is 1040. The molecule has 0 saturated carbocycles. The summed E-state index contributed by atoms with van der Waals surface area (Å²) in [6.07, 6.45) is 3.71. The molecule has 0 aliphatic rings. The number of rotatable bonds is 7. The lowest BCUT2D eigenvalue weighted by atomic mass is 10.1. The van der Waals surface area contributed by atoms with Gasteiger partial charge in [0.15, 0.2) is 6.10 Å². The van der Waals surface area contributed by atoms with Crippen LogP contribution in [0.3, 0.4) is 0 Å². The molecule has 0 spiro atoms. The number of esters is 2. The van der Waals surface area contributed by atoms with Gasteiger partial charge >= 0.3 is 11.9 Å². The van der Waals surface area contributed by atoms with Crippen molar-refractivity contribution in [3.63, 3.8) is 0 Å². The fourth-order valence-electron chi connectivity index (χ4n) is 2.78. The fourth-order valence-corrected chi connectivity index (χ4v) is 2.78. The summed E-state index contributed by atoms with van der Waals surface area (Å²) in [7, 11) is 2.84. The molecule has 154 valence electrons. The van der Waals surface area contributed by atoms with E-state index in [9.17, 15) is 9.59 Å². The number of ether oxygens (including phenoxy) is 3. The summed E-state index contributed by atoms with van der Waals surface area (Å²) in [5.74, 6) is -0.535. The van der Waals surface area contributed by atoms with Gasteiger partial charge in [-0.25, -0.2) is 14.3 Å². The molecule has 0 radical (unpaired) electrons. The fraction of sp³-hybridized carbons (Fsp3) is 0.174. The number of carbonyl (C=O) groups excluding carboxylic acids is 2. The van der Waals surface area contributed by atoms with Crippen LogP contribution in [0.25, 0.3) is 23.0 Å². The van der Waals surface area contributed by atoms with E-state index in [0.717, 1.165) is 17.0 Å². The van der Waals surface area contributed by atoms with E-state index >= 15 is 0 Å². The zero-order valence-electron chi connectivity index (χ0n) is 16.9. The van der Waals surface area contributed by atoms with E-state index in [1.165, 1.54) is 20.1 Å². The second-order valence-electron chi connectivity index (χ2n) is 6.38. The number of methoxy groups -OCH3 is 2. The number of hydrogen-bond donors (Lipinski definition) is 0. The molecule has 1 unspecified atom stereocenters. The monoisotopic (exact) mass is 406 g/mol. The average Bonchev–Trinajstić information content (AvgIpc) is 3.22. The molecule has 1 aromatic heterocycles. The summed E-state index contributed by atoms with van der Waals surface area (Å²) >= 11 is 0. The molecular formula is C23H22N2O5. The first-order chi connectivity index (χ1) is 14.5. The summed E-state index contributed by atoms with van der Waals surface area (Å²) in [6, 6.07) is 17.1. The minimum Gasteiger partial charge on any atom is -0.497 e. The van der Waals surface area contributed by atoms with Crippen molar-refractivity contribution in [2.45, 2.75) is 13.0 Å². The zero-order chi connectivity index (χ0) is 21.5. The third kappa shape index (κ3) is 4.94. The van der Waals surface area contributed by atoms with Gasteiger partial charge in [0.05, 0.1) is 25.6 Å². The maximum atomic E-state index is 12.1. The SMILES string of the molecule is COC(=O)C(C)OC(=O)/C=C/c1cn(-c2ccccc2)nc1-c1ccc(OC)cc1. The number of aromatic nitrogens is 2. The third-order valence-electron chi connectivity index (χ3n) is 4.35. The number of hydrogen-bond acceptors (Lipinski definition) is 6. The van der Waals surface area contributed by atoms with E-state index in [2.05, 4.69) is 9.84 Å². The first-order valence-electron chi connectivity index (χ1n) is 9.28. The quantitative estimate of drug-likeness (QED) is 0.440. The molecule has 1 heterocycles. The van der Waals surface area contributed by atoms with E-state index in [0.29, 0.717) is 11.3 Å². The minimum absolute atomic E-state index is 0.618. The molecule has 3 aromatic rings. The molecule has 1 atom stereocenters. The molecule has 0 bridgehead atoms. The lowest BCUT2D eigenvalue weighted by Gasteiger charge is -2.08. The maximum absolute atomic E-state index is 12.1. The standard InChI is InChI=1S/C23H22N2O5/c1-16(23(27)29-3)30-21(26)14-11-18-15-25(19-7-5-4-6-8-19)24-22(18)17-9-12-20(28-2)13-10-17/h4-16H,1-3H3/b14-11+. The predicted molar refractivity (Wildman–Crippen MR) is 112 cm³/mol. The van der Waals surface area contributed by atoms with Crippen LogP contribution in [-0.2, 0) is 19.1 Å². The summed E-state index contributed by atoms with van der Waals surface area (Å²) in [5.41, 5.74) is 3.15. The highest BCUT2D eigenvalue weighted by Crippen LogP contribution is 2.26. The second-order valence-corrected chi connectivity index (χ2v) is 6.38. The number of benzene rings is 2. The summed E-state index contributed by atoms with van der Waals surface area (Å²) in [4.78, 5) is 23.5. The van der Waals surface area contributed by atoms with Gasteiger partial charge in [0.2, 0.25) is 0 Å². The highest BCUT2D eigenvalue weighted by atomic mass is 16.6. The molecule has 30 heavy (non-hydrogen) atoms. The molecule has 3 rings (SSSR count). The van der Waals surface area contributed by atoms with Gasteiger partial charge in [-0.3, -0.25) is 0 Å². The molecule has 0 fully saturated rings. The lowest BCUT2D eigenvalue weighted by molar-refractivity contribution is -0.161. The topological polar surface area (TPSA) is 79.7 Å². The highest BCUT2D eigenvalue weighted by molar-refractivity contribution is 5.90.